The average molecular weight is 154 g/mol. The lowest BCUT2D eigenvalue weighted by atomic mass is 9.85. The molecular formula is C10H18O. The van der Waals surface area contributed by atoms with Crippen molar-refractivity contribution in [1.82, 2.24) is 0 Å². The minimum Gasteiger partial charge on any atom is -0.381 e. The van der Waals surface area contributed by atoms with E-state index in [1.807, 2.05) is 0 Å². The summed E-state index contributed by atoms with van der Waals surface area (Å²) >= 11 is 0. The Bertz CT molecular complexity index is 149. The molecule has 1 aliphatic carbocycles. The first-order chi connectivity index (χ1) is 5.25. The molecule has 0 amide bonds. The Balaban J connectivity index is 2.55. The second-order valence-electron chi connectivity index (χ2n) is 3.43. The van der Waals surface area contributed by atoms with Crippen LogP contribution in [0.25, 0.3) is 0 Å². The van der Waals surface area contributed by atoms with E-state index in [1.165, 1.54) is 24.8 Å². The highest BCUT2D eigenvalue weighted by Crippen LogP contribution is 2.28. The van der Waals surface area contributed by atoms with Gasteiger partial charge in [0.25, 0.3) is 0 Å². The summed E-state index contributed by atoms with van der Waals surface area (Å²) < 4.78 is 5.32. The molecular weight excluding hydrogens is 136 g/mol. The maximum atomic E-state index is 5.32. The summed E-state index contributed by atoms with van der Waals surface area (Å²) in [5, 5.41) is 0. The minimum atomic E-state index is 0.395. The predicted octanol–water partition coefficient (Wildman–Crippen LogP) is 2.77. The first-order valence-corrected chi connectivity index (χ1v) is 4.45. The molecule has 1 aliphatic rings. The van der Waals surface area contributed by atoms with E-state index in [-0.39, 0.29) is 0 Å². The zero-order chi connectivity index (χ0) is 8.27. The van der Waals surface area contributed by atoms with E-state index in [4.69, 9.17) is 4.74 Å². The third-order valence-electron chi connectivity index (χ3n) is 2.71. The van der Waals surface area contributed by atoms with Gasteiger partial charge in [-0.25, -0.2) is 0 Å². The molecule has 0 aromatic heterocycles. The standard InChI is InChI=1S/C10H18O/c1-8-6-4-5-7-10(8)9(2)11-3/h6,9-10H,4-5,7H2,1-3H3/t9-,10-/m0/s1. The van der Waals surface area contributed by atoms with Crippen molar-refractivity contribution in [2.45, 2.75) is 39.2 Å². The molecule has 0 saturated carbocycles. The smallest absolute Gasteiger partial charge is 0.0608 e. The first kappa shape index (κ1) is 8.79. The number of ether oxygens (including phenoxy) is 1. The normalized spacial score (nSPS) is 27.9. The summed E-state index contributed by atoms with van der Waals surface area (Å²) in [5.41, 5.74) is 1.52. The van der Waals surface area contributed by atoms with Gasteiger partial charge in [-0.15, -0.1) is 0 Å². The van der Waals surface area contributed by atoms with E-state index < -0.39 is 0 Å². The molecule has 0 aliphatic heterocycles. The van der Waals surface area contributed by atoms with Crippen LogP contribution in [0.2, 0.25) is 0 Å². The Kier molecular flexibility index (Phi) is 3.13. The quantitative estimate of drug-likeness (QED) is 0.556. The molecule has 1 rings (SSSR count). The molecule has 0 fully saturated rings. The molecule has 0 saturated heterocycles. The van der Waals surface area contributed by atoms with Crippen LogP contribution >= 0.6 is 0 Å². The Morgan fingerprint density at radius 3 is 2.91 bits per heavy atom. The lowest BCUT2D eigenvalue weighted by Gasteiger charge is -2.26. The third kappa shape index (κ3) is 2.06. The van der Waals surface area contributed by atoms with Crippen LogP contribution in [0.4, 0.5) is 0 Å². The molecule has 0 N–H and O–H groups in total. The fourth-order valence-electron chi connectivity index (χ4n) is 1.82. The van der Waals surface area contributed by atoms with Crippen molar-refractivity contribution < 1.29 is 4.74 Å². The molecule has 64 valence electrons. The van der Waals surface area contributed by atoms with E-state index in [1.54, 1.807) is 7.11 Å². The van der Waals surface area contributed by atoms with Crippen LogP contribution in [-0.4, -0.2) is 13.2 Å². The van der Waals surface area contributed by atoms with Crippen molar-refractivity contribution in [3.8, 4) is 0 Å². The highest BCUT2D eigenvalue weighted by molar-refractivity contribution is 5.08. The molecule has 1 heteroatoms. The largest absolute Gasteiger partial charge is 0.381 e. The van der Waals surface area contributed by atoms with Crippen LogP contribution in [0, 0.1) is 5.92 Å². The first-order valence-electron chi connectivity index (χ1n) is 4.45. The predicted molar refractivity (Wildman–Crippen MR) is 47.6 cm³/mol. The second kappa shape index (κ2) is 3.91. The Morgan fingerprint density at radius 2 is 2.36 bits per heavy atom. The Morgan fingerprint density at radius 1 is 1.64 bits per heavy atom. The van der Waals surface area contributed by atoms with Crippen molar-refractivity contribution in [1.29, 1.82) is 0 Å². The third-order valence-corrected chi connectivity index (χ3v) is 2.71. The van der Waals surface area contributed by atoms with Gasteiger partial charge in [-0.05, 0) is 33.1 Å². The zero-order valence-corrected chi connectivity index (χ0v) is 7.76. The van der Waals surface area contributed by atoms with Gasteiger partial charge < -0.3 is 4.74 Å². The van der Waals surface area contributed by atoms with Gasteiger partial charge in [-0.3, -0.25) is 0 Å². The molecule has 11 heavy (non-hydrogen) atoms. The fourth-order valence-corrected chi connectivity index (χ4v) is 1.82. The molecule has 0 spiro atoms. The number of methoxy groups -OCH3 is 1. The van der Waals surface area contributed by atoms with Gasteiger partial charge in [0, 0.05) is 13.0 Å². The summed E-state index contributed by atoms with van der Waals surface area (Å²) in [6, 6.07) is 0. The minimum absolute atomic E-state index is 0.395. The average Bonchev–Trinajstić information content (AvgIpc) is 2.04. The second-order valence-corrected chi connectivity index (χ2v) is 3.43. The monoisotopic (exact) mass is 154 g/mol. The Labute approximate surface area is 69.4 Å². The van der Waals surface area contributed by atoms with E-state index in [9.17, 15) is 0 Å². The highest BCUT2D eigenvalue weighted by Gasteiger charge is 2.20. The van der Waals surface area contributed by atoms with Gasteiger partial charge in [0.1, 0.15) is 0 Å². The number of hydrogen-bond acceptors (Lipinski definition) is 1. The Hall–Kier alpha value is -0.300. The van der Waals surface area contributed by atoms with Crippen molar-refractivity contribution in [2.24, 2.45) is 5.92 Å². The summed E-state index contributed by atoms with van der Waals surface area (Å²) in [4.78, 5) is 0. The van der Waals surface area contributed by atoms with Crippen molar-refractivity contribution >= 4 is 0 Å². The van der Waals surface area contributed by atoms with Gasteiger partial charge in [0.15, 0.2) is 0 Å². The molecule has 0 aromatic carbocycles. The van der Waals surface area contributed by atoms with E-state index in [0.717, 1.165) is 0 Å². The van der Waals surface area contributed by atoms with Crippen LogP contribution in [0.15, 0.2) is 11.6 Å². The molecule has 0 heterocycles. The number of rotatable bonds is 2. The van der Waals surface area contributed by atoms with Gasteiger partial charge in [-0.2, -0.15) is 0 Å². The molecule has 1 nitrogen and oxygen atoms in total. The maximum Gasteiger partial charge on any atom is 0.0608 e. The van der Waals surface area contributed by atoms with Crippen molar-refractivity contribution in [3.05, 3.63) is 11.6 Å². The van der Waals surface area contributed by atoms with E-state index in [2.05, 4.69) is 19.9 Å². The van der Waals surface area contributed by atoms with Crippen LogP contribution in [0.5, 0.6) is 0 Å². The lowest BCUT2D eigenvalue weighted by molar-refractivity contribution is 0.0742. The topological polar surface area (TPSA) is 9.23 Å². The van der Waals surface area contributed by atoms with Gasteiger partial charge in [-0.1, -0.05) is 11.6 Å². The summed E-state index contributed by atoms with van der Waals surface area (Å²) in [7, 11) is 1.80. The molecule has 0 aromatic rings. The summed E-state index contributed by atoms with van der Waals surface area (Å²) in [5.74, 6) is 0.675. The highest BCUT2D eigenvalue weighted by atomic mass is 16.5. The van der Waals surface area contributed by atoms with Gasteiger partial charge in [0.2, 0.25) is 0 Å². The van der Waals surface area contributed by atoms with Crippen molar-refractivity contribution in [3.63, 3.8) is 0 Å². The van der Waals surface area contributed by atoms with E-state index in [0.29, 0.717) is 12.0 Å². The zero-order valence-electron chi connectivity index (χ0n) is 7.76. The summed E-state index contributed by atoms with van der Waals surface area (Å²) in [6.45, 7) is 4.38. The van der Waals surface area contributed by atoms with E-state index >= 15 is 0 Å². The van der Waals surface area contributed by atoms with Crippen LogP contribution < -0.4 is 0 Å². The SMILES string of the molecule is CO[C@@H](C)[C@H]1CCCC=C1C. The molecule has 0 bridgehead atoms. The summed E-state index contributed by atoms with van der Waals surface area (Å²) in [6.07, 6.45) is 6.64. The van der Waals surface area contributed by atoms with Crippen LogP contribution in [0.1, 0.15) is 33.1 Å². The van der Waals surface area contributed by atoms with Gasteiger partial charge in [0.05, 0.1) is 6.10 Å². The molecule has 0 radical (unpaired) electrons. The van der Waals surface area contributed by atoms with Crippen LogP contribution in [0.3, 0.4) is 0 Å². The molecule has 0 unspecified atom stereocenters. The van der Waals surface area contributed by atoms with Crippen molar-refractivity contribution in [2.75, 3.05) is 7.11 Å². The fraction of sp³-hybridized carbons (Fsp3) is 0.800. The van der Waals surface area contributed by atoms with Crippen LogP contribution in [-0.2, 0) is 4.74 Å². The maximum absolute atomic E-state index is 5.32. The lowest BCUT2D eigenvalue weighted by Crippen LogP contribution is -2.22. The molecule has 2 atom stereocenters. The number of allylic oxidation sites excluding steroid dienone is 1. The van der Waals surface area contributed by atoms with Gasteiger partial charge >= 0.3 is 0 Å². The number of hydrogen-bond donors (Lipinski definition) is 0.